The lowest BCUT2D eigenvalue weighted by molar-refractivity contribution is 0.475. The van der Waals surface area contributed by atoms with Crippen LogP contribution in [-0.4, -0.2) is 10.2 Å². The average Bonchev–Trinajstić information content (AvgIpc) is 2.46. The van der Waals surface area contributed by atoms with Crippen LogP contribution in [0, 0.1) is 0 Å². The lowest BCUT2D eigenvalue weighted by atomic mass is 10.1. The van der Waals surface area contributed by atoms with Crippen molar-refractivity contribution in [1.29, 1.82) is 0 Å². The van der Waals surface area contributed by atoms with Gasteiger partial charge in [-0.25, -0.2) is 0 Å². The van der Waals surface area contributed by atoms with Crippen molar-refractivity contribution < 1.29 is 10.2 Å². The number of fused-ring (bicyclic) bond motifs is 1. The van der Waals surface area contributed by atoms with Crippen LogP contribution in [0.1, 0.15) is 0 Å². The summed E-state index contributed by atoms with van der Waals surface area (Å²) in [5, 5.41) is 29.3. The van der Waals surface area contributed by atoms with Crippen molar-refractivity contribution in [3.05, 3.63) is 60.7 Å². The first kappa shape index (κ1) is 12.2. The zero-order chi connectivity index (χ0) is 13.9. The van der Waals surface area contributed by atoms with Crippen LogP contribution in [0.5, 0.6) is 11.5 Å². The number of phenolic OH excluding ortho intramolecular Hbond substituents is 2. The van der Waals surface area contributed by atoms with Crippen molar-refractivity contribution in [3.63, 3.8) is 0 Å². The van der Waals surface area contributed by atoms with E-state index in [0.29, 0.717) is 11.4 Å². The quantitative estimate of drug-likeness (QED) is 0.661. The second-order valence-electron chi connectivity index (χ2n) is 4.37. The van der Waals surface area contributed by atoms with E-state index in [2.05, 4.69) is 10.2 Å². The zero-order valence-corrected chi connectivity index (χ0v) is 10.6. The summed E-state index contributed by atoms with van der Waals surface area (Å²) in [6.07, 6.45) is 0. The Balaban J connectivity index is 2.08. The summed E-state index contributed by atoms with van der Waals surface area (Å²) in [5.41, 5.74) is 0.948. The first-order valence-corrected chi connectivity index (χ1v) is 6.15. The van der Waals surface area contributed by atoms with Gasteiger partial charge in [-0.15, -0.1) is 5.11 Å². The van der Waals surface area contributed by atoms with Crippen molar-refractivity contribution in [3.8, 4) is 11.5 Å². The van der Waals surface area contributed by atoms with E-state index < -0.39 is 0 Å². The minimum atomic E-state index is 0.0765. The topological polar surface area (TPSA) is 65.2 Å². The molecule has 0 bridgehead atoms. The molecule has 3 rings (SSSR count). The van der Waals surface area contributed by atoms with Crippen LogP contribution in [0.15, 0.2) is 70.9 Å². The molecule has 98 valence electrons. The van der Waals surface area contributed by atoms with Gasteiger partial charge in [0.25, 0.3) is 0 Å². The predicted molar refractivity (Wildman–Crippen MR) is 77.9 cm³/mol. The van der Waals surface area contributed by atoms with Gasteiger partial charge in [-0.05, 0) is 23.6 Å². The van der Waals surface area contributed by atoms with Crippen molar-refractivity contribution in [1.82, 2.24) is 0 Å². The second-order valence-corrected chi connectivity index (χ2v) is 4.37. The molecule has 0 heterocycles. The Hall–Kier alpha value is -2.88. The van der Waals surface area contributed by atoms with Crippen LogP contribution in [0.25, 0.3) is 10.8 Å². The maximum atomic E-state index is 9.94. The third-order valence-electron chi connectivity index (χ3n) is 2.97. The van der Waals surface area contributed by atoms with Gasteiger partial charge in [-0.2, -0.15) is 5.11 Å². The highest BCUT2D eigenvalue weighted by Gasteiger charge is 2.05. The molecule has 2 N–H and O–H groups in total. The molecule has 0 atom stereocenters. The molecule has 0 aliphatic heterocycles. The van der Waals surface area contributed by atoms with Gasteiger partial charge in [0.1, 0.15) is 17.2 Å². The van der Waals surface area contributed by atoms with Crippen LogP contribution in [0.3, 0.4) is 0 Å². The normalized spacial score (nSPS) is 11.2. The van der Waals surface area contributed by atoms with E-state index in [1.165, 1.54) is 6.07 Å². The molecular formula is C16H12N2O2. The Kier molecular flexibility index (Phi) is 3.05. The fraction of sp³-hybridized carbons (Fsp3) is 0. The largest absolute Gasteiger partial charge is 0.508 e. The molecule has 0 aromatic heterocycles. The third kappa shape index (κ3) is 2.31. The van der Waals surface area contributed by atoms with E-state index in [0.717, 1.165) is 10.8 Å². The maximum absolute atomic E-state index is 9.94. The molecule has 0 amide bonds. The average molecular weight is 264 g/mol. The number of nitrogens with zero attached hydrogens (tertiary/aromatic N) is 2. The third-order valence-corrected chi connectivity index (χ3v) is 2.97. The molecule has 4 nitrogen and oxygen atoms in total. The summed E-state index contributed by atoms with van der Waals surface area (Å²) in [4.78, 5) is 0. The molecule has 0 saturated carbocycles. The minimum absolute atomic E-state index is 0.0765. The van der Waals surface area contributed by atoms with E-state index in [1.54, 1.807) is 24.3 Å². The van der Waals surface area contributed by atoms with Gasteiger partial charge in [0.2, 0.25) is 0 Å². The fourth-order valence-electron chi connectivity index (χ4n) is 2.01. The number of rotatable bonds is 2. The summed E-state index contributed by atoms with van der Waals surface area (Å²) < 4.78 is 0. The van der Waals surface area contributed by atoms with E-state index in [1.807, 2.05) is 30.3 Å². The van der Waals surface area contributed by atoms with Crippen LogP contribution in [0.2, 0.25) is 0 Å². The maximum Gasteiger partial charge on any atom is 0.143 e. The van der Waals surface area contributed by atoms with Crippen LogP contribution in [-0.2, 0) is 0 Å². The Labute approximate surface area is 115 Å². The Bertz CT molecular complexity index is 797. The molecule has 20 heavy (non-hydrogen) atoms. The first-order valence-electron chi connectivity index (χ1n) is 6.15. The number of azo groups is 1. The Morgan fingerprint density at radius 1 is 0.750 bits per heavy atom. The van der Waals surface area contributed by atoms with Crippen molar-refractivity contribution in [2.45, 2.75) is 0 Å². The van der Waals surface area contributed by atoms with Crippen molar-refractivity contribution >= 4 is 22.1 Å². The lowest BCUT2D eigenvalue weighted by Gasteiger charge is -2.03. The summed E-state index contributed by atoms with van der Waals surface area (Å²) in [5.74, 6) is 0.205. The number of hydrogen-bond acceptors (Lipinski definition) is 4. The van der Waals surface area contributed by atoms with E-state index in [-0.39, 0.29) is 11.5 Å². The van der Waals surface area contributed by atoms with Gasteiger partial charge in [-0.1, -0.05) is 36.4 Å². The van der Waals surface area contributed by atoms with Crippen molar-refractivity contribution in [2.75, 3.05) is 0 Å². The highest BCUT2D eigenvalue weighted by molar-refractivity contribution is 5.95. The molecule has 3 aromatic carbocycles. The van der Waals surface area contributed by atoms with Crippen molar-refractivity contribution in [2.24, 2.45) is 10.2 Å². The molecule has 0 fully saturated rings. The lowest BCUT2D eigenvalue weighted by Crippen LogP contribution is -1.74. The summed E-state index contributed by atoms with van der Waals surface area (Å²) in [6.45, 7) is 0. The number of phenols is 2. The predicted octanol–water partition coefficient (Wildman–Crippen LogP) is 4.67. The smallest absolute Gasteiger partial charge is 0.143 e. The molecule has 3 aromatic rings. The van der Waals surface area contributed by atoms with E-state index in [9.17, 15) is 10.2 Å². The second kappa shape index (κ2) is 5.01. The molecule has 0 radical (unpaired) electrons. The highest BCUT2D eigenvalue weighted by atomic mass is 16.3. The number of benzene rings is 3. The molecule has 0 spiro atoms. The zero-order valence-electron chi connectivity index (χ0n) is 10.6. The SMILES string of the molecule is Oc1cccc(N=Nc2c(O)ccc3ccccc23)c1. The minimum Gasteiger partial charge on any atom is -0.508 e. The standard InChI is InChI=1S/C16H12N2O2/c19-13-6-3-5-12(10-13)17-18-16-14-7-2-1-4-11(14)8-9-15(16)20/h1-10,19-20H. The van der Waals surface area contributed by atoms with Crippen LogP contribution in [0.4, 0.5) is 11.4 Å². The summed E-state index contributed by atoms with van der Waals surface area (Å²) in [7, 11) is 0. The van der Waals surface area contributed by atoms with Gasteiger partial charge < -0.3 is 10.2 Å². The molecular weight excluding hydrogens is 252 g/mol. The fourth-order valence-corrected chi connectivity index (χ4v) is 2.01. The van der Waals surface area contributed by atoms with Gasteiger partial charge in [-0.3, -0.25) is 0 Å². The van der Waals surface area contributed by atoms with Gasteiger partial charge >= 0.3 is 0 Å². The molecule has 0 saturated heterocycles. The van der Waals surface area contributed by atoms with Crippen LogP contribution < -0.4 is 0 Å². The number of hydrogen-bond donors (Lipinski definition) is 2. The Morgan fingerprint density at radius 3 is 2.45 bits per heavy atom. The summed E-state index contributed by atoms with van der Waals surface area (Å²) in [6, 6.07) is 17.5. The van der Waals surface area contributed by atoms with Gasteiger partial charge in [0.05, 0.1) is 5.69 Å². The monoisotopic (exact) mass is 264 g/mol. The number of aromatic hydroxyl groups is 2. The molecule has 0 aliphatic carbocycles. The Morgan fingerprint density at radius 2 is 1.60 bits per heavy atom. The first-order chi connectivity index (χ1) is 9.74. The van der Waals surface area contributed by atoms with Crippen LogP contribution >= 0.6 is 0 Å². The summed E-state index contributed by atoms with van der Waals surface area (Å²) >= 11 is 0. The molecule has 4 heteroatoms. The van der Waals surface area contributed by atoms with Gasteiger partial charge in [0, 0.05) is 11.5 Å². The molecule has 0 unspecified atom stereocenters. The highest BCUT2D eigenvalue weighted by Crippen LogP contribution is 2.36. The van der Waals surface area contributed by atoms with E-state index in [4.69, 9.17) is 0 Å². The van der Waals surface area contributed by atoms with Gasteiger partial charge in [0.15, 0.2) is 0 Å². The molecule has 0 aliphatic rings. The van der Waals surface area contributed by atoms with E-state index >= 15 is 0 Å².